The quantitative estimate of drug-likeness (QED) is 0.837. The maximum atomic E-state index is 12.6. The minimum atomic E-state index is -0.294. The highest BCUT2D eigenvalue weighted by Crippen LogP contribution is 2.22. The Morgan fingerprint density at radius 1 is 1.19 bits per heavy atom. The number of nitrogens with one attached hydrogen (secondary N) is 1. The van der Waals surface area contributed by atoms with Gasteiger partial charge in [0.2, 0.25) is 11.8 Å². The zero-order valence-corrected chi connectivity index (χ0v) is 15.6. The zero-order valence-electron chi connectivity index (χ0n) is 14.9. The maximum absolute atomic E-state index is 12.6. The number of amides is 2. The number of para-hydroxylation sites is 1. The van der Waals surface area contributed by atoms with Crippen LogP contribution in [-0.2, 0) is 22.4 Å². The molecule has 4 nitrogen and oxygen atoms in total. The van der Waals surface area contributed by atoms with Gasteiger partial charge in [0.1, 0.15) is 0 Å². The van der Waals surface area contributed by atoms with Crippen LogP contribution in [0, 0.1) is 5.92 Å². The SMILES string of the molecule is CCc1ccccc1NC(=O)C1CC(=O)N(CCc2ccc(Cl)cc2)C1. The van der Waals surface area contributed by atoms with E-state index in [1.165, 1.54) is 0 Å². The molecule has 1 heterocycles. The third kappa shape index (κ3) is 4.44. The van der Waals surface area contributed by atoms with Crippen molar-refractivity contribution in [1.29, 1.82) is 0 Å². The Hall–Kier alpha value is -2.33. The van der Waals surface area contributed by atoms with E-state index in [1.807, 2.05) is 48.5 Å². The summed E-state index contributed by atoms with van der Waals surface area (Å²) in [6.45, 7) is 3.16. The predicted octanol–water partition coefficient (Wildman–Crippen LogP) is 3.93. The fourth-order valence-electron chi connectivity index (χ4n) is 3.26. The van der Waals surface area contributed by atoms with Crippen LogP contribution in [0.2, 0.25) is 5.02 Å². The van der Waals surface area contributed by atoms with Crippen molar-refractivity contribution in [3.8, 4) is 0 Å². The number of rotatable bonds is 6. The first-order valence-electron chi connectivity index (χ1n) is 8.97. The summed E-state index contributed by atoms with van der Waals surface area (Å²) in [5, 5.41) is 3.70. The fourth-order valence-corrected chi connectivity index (χ4v) is 3.39. The van der Waals surface area contributed by atoms with E-state index in [-0.39, 0.29) is 24.2 Å². The third-order valence-electron chi connectivity index (χ3n) is 4.83. The van der Waals surface area contributed by atoms with Gasteiger partial charge in [-0.3, -0.25) is 9.59 Å². The molecule has 0 radical (unpaired) electrons. The van der Waals surface area contributed by atoms with Gasteiger partial charge in [-0.2, -0.15) is 0 Å². The highest BCUT2D eigenvalue weighted by molar-refractivity contribution is 6.30. The van der Waals surface area contributed by atoms with Crippen molar-refractivity contribution in [3.05, 3.63) is 64.7 Å². The van der Waals surface area contributed by atoms with Gasteiger partial charge in [-0.05, 0) is 42.2 Å². The first-order chi connectivity index (χ1) is 12.6. The molecule has 0 spiro atoms. The molecule has 1 aliphatic rings. The number of hydrogen-bond donors (Lipinski definition) is 1. The van der Waals surface area contributed by atoms with Gasteiger partial charge in [-0.15, -0.1) is 0 Å². The van der Waals surface area contributed by atoms with Crippen LogP contribution in [0.3, 0.4) is 0 Å². The van der Waals surface area contributed by atoms with Crippen molar-refractivity contribution < 1.29 is 9.59 Å². The minimum absolute atomic E-state index is 0.0443. The molecule has 2 amide bonds. The third-order valence-corrected chi connectivity index (χ3v) is 5.08. The van der Waals surface area contributed by atoms with Gasteiger partial charge >= 0.3 is 0 Å². The summed E-state index contributed by atoms with van der Waals surface area (Å²) < 4.78 is 0. The lowest BCUT2D eigenvalue weighted by Crippen LogP contribution is -2.30. The van der Waals surface area contributed by atoms with Crippen molar-refractivity contribution in [1.82, 2.24) is 4.90 Å². The molecule has 26 heavy (non-hydrogen) atoms. The highest BCUT2D eigenvalue weighted by Gasteiger charge is 2.34. The predicted molar refractivity (Wildman–Crippen MR) is 104 cm³/mol. The molecule has 5 heteroatoms. The summed E-state index contributed by atoms with van der Waals surface area (Å²) in [6, 6.07) is 15.4. The Bertz CT molecular complexity index is 789. The highest BCUT2D eigenvalue weighted by atomic mass is 35.5. The lowest BCUT2D eigenvalue weighted by molar-refractivity contribution is -0.128. The van der Waals surface area contributed by atoms with Crippen LogP contribution in [0.5, 0.6) is 0 Å². The fraction of sp³-hybridized carbons (Fsp3) is 0.333. The minimum Gasteiger partial charge on any atom is -0.342 e. The van der Waals surface area contributed by atoms with Crippen LogP contribution in [0.25, 0.3) is 0 Å². The molecule has 3 rings (SSSR count). The van der Waals surface area contributed by atoms with Crippen LogP contribution >= 0.6 is 11.6 Å². The monoisotopic (exact) mass is 370 g/mol. The zero-order chi connectivity index (χ0) is 18.5. The first-order valence-corrected chi connectivity index (χ1v) is 9.35. The smallest absolute Gasteiger partial charge is 0.229 e. The van der Waals surface area contributed by atoms with E-state index < -0.39 is 0 Å². The van der Waals surface area contributed by atoms with Crippen molar-refractivity contribution in [3.63, 3.8) is 0 Å². The molecular formula is C21H23ClN2O2. The molecule has 1 aliphatic heterocycles. The molecule has 0 aromatic heterocycles. The van der Waals surface area contributed by atoms with E-state index in [9.17, 15) is 9.59 Å². The van der Waals surface area contributed by atoms with Gasteiger partial charge in [0.15, 0.2) is 0 Å². The largest absolute Gasteiger partial charge is 0.342 e. The van der Waals surface area contributed by atoms with E-state index in [4.69, 9.17) is 11.6 Å². The van der Waals surface area contributed by atoms with E-state index in [1.54, 1.807) is 4.90 Å². The van der Waals surface area contributed by atoms with Crippen molar-refractivity contribution in [2.24, 2.45) is 5.92 Å². The molecule has 136 valence electrons. The van der Waals surface area contributed by atoms with Gasteiger partial charge in [0, 0.05) is 30.2 Å². The number of carbonyl (C=O) groups is 2. The second-order valence-corrected chi connectivity index (χ2v) is 7.05. The summed E-state index contributed by atoms with van der Waals surface area (Å²) in [5.74, 6) is -0.325. The normalized spacial score (nSPS) is 16.8. The number of halogens is 1. The summed E-state index contributed by atoms with van der Waals surface area (Å²) in [6.07, 6.45) is 1.89. The molecule has 1 N–H and O–H groups in total. The summed E-state index contributed by atoms with van der Waals surface area (Å²) in [7, 11) is 0. The lowest BCUT2D eigenvalue weighted by atomic mass is 10.1. The van der Waals surface area contributed by atoms with Crippen LogP contribution in [-0.4, -0.2) is 29.8 Å². The molecule has 0 bridgehead atoms. The Labute approximate surface area is 159 Å². The molecular weight excluding hydrogens is 348 g/mol. The maximum Gasteiger partial charge on any atom is 0.229 e. The molecule has 0 saturated carbocycles. The number of aryl methyl sites for hydroxylation is 1. The molecule has 2 aromatic rings. The Morgan fingerprint density at radius 2 is 1.92 bits per heavy atom. The molecule has 1 saturated heterocycles. The second kappa shape index (κ2) is 8.37. The number of carbonyl (C=O) groups excluding carboxylic acids is 2. The van der Waals surface area contributed by atoms with E-state index in [0.717, 1.165) is 29.7 Å². The van der Waals surface area contributed by atoms with Gasteiger partial charge in [0.05, 0.1) is 5.92 Å². The first kappa shape index (κ1) is 18.5. The van der Waals surface area contributed by atoms with E-state index in [2.05, 4.69) is 12.2 Å². The number of nitrogens with zero attached hydrogens (tertiary/aromatic N) is 1. The topological polar surface area (TPSA) is 49.4 Å². The number of benzene rings is 2. The van der Waals surface area contributed by atoms with Gasteiger partial charge < -0.3 is 10.2 Å². The molecule has 2 aromatic carbocycles. The standard InChI is InChI=1S/C21H23ClN2O2/c1-2-16-5-3-4-6-19(16)23-21(26)17-13-20(25)24(14-17)12-11-15-7-9-18(22)10-8-15/h3-10,17H,2,11-14H2,1H3,(H,23,26). The van der Waals surface area contributed by atoms with Crippen LogP contribution in [0.4, 0.5) is 5.69 Å². The van der Waals surface area contributed by atoms with Crippen LogP contribution in [0.1, 0.15) is 24.5 Å². The van der Waals surface area contributed by atoms with Crippen molar-refractivity contribution >= 4 is 29.1 Å². The molecule has 1 unspecified atom stereocenters. The van der Waals surface area contributed by atoms with Crippen LogP contribution < -0.4 is 5.32 Å². The van der Waals surface area contributed by atoms with Crippen molar-refractivity contribution in [2.45, 2.75) is 26.2 Å². The Balaban J connectivity index is 1.56. The number of hydrogen-bond acceptors (Lipinski definition) is 2. The average Bonchev–Trinajstić information content (AvgIpc) is 3.02. The lowest BCUT2D eigenvalue weighted by Gasteiger charge is -2.17. The van der Waals surface area contributed by atoms with E-state index in [0.29, 0.717) is 18.1 Å². The van der Waals surface area contributed by atoms with Crippen molar-refractivity contribution in [2.75, 3.05) is 18.4 Å². The molecule has 0 aliphatic carbocycles. The summed E-state index contributed by atoms with van der Waals surface area (Å²) >= 11 is 5.90. The molecule has 1 fully saturated rings. The summed E-state index contributed by atoms with van der Waals surface area (Å²) in [5.41, 5.74) is 3.07. The van der Waals surface area contributed by atoms with E-state index >= 15 is 0 Å². The average molecular weight is 371 g/mol. The Morgan fingerprint density at radius 3 is 2.65 bits per heavy atom. The molecule has 1 atom stereocenters. The summed E-state index contributed by atoms with van der Waals surface area (Å²) in [4.78, 5) is 26.6. The van der Waals surface area contributed by atoms with Gasteiger partial charge in [-0.25, -0.2) is 0 Å². The Kier molecular flexibility index (Phi) is 5.94. The second-order valence-electron chi connectivity index (χ2n) is 6.62. The van der Waals surface area contributed by atoms with Gasteiger partial charge in [-0.1, -0.05) is 48.9 Å². The van der Waals surface area contributed by atoms with Gasteiger partial charge in [0.25, 0.3) is 0 Å². The number of anilines is 1. The number of likely N-dealkylation sites (tertiary alicyclic amines) is 1. The van der Waals surface area contributed by atoms with Crippen LogP contribution in [0.15, 0.2) is 48.5 Å².